The Morgan fingerprint density at radius 1 is 1.50 bits per heavy atom. The van der Waals surface area contributed by atoms with Crippen LogP contribution in [0.3, 0.4) is 0 Å². The highest BCUT2D eigenvalue weighted by Crippen LogP contribution is 2.21. The lowest BCUT2D eigenvalue weighted by molar-refractivity contribution is -0.128. The summed E-state index contributed by atoms with van der Waals surface area (Å²) in [6.45, 7) is 5.61. The van der Waals surface area contributed by atoms with Crippen LogP contribution in [0, 0.1) is 12.7 Å². The second-order valence-electron chi connectivity index (χ2n) is 3.87. The molecule has 3 heteroatoms. The van der Waals surface area contributed by atoms with E-state index in [0.717, 1.165) is 6.42 Å². The van der Waals surface area contributed by atoms with E-state index < -0.39 is 6.10 Å². The van der Waals surface area contributed by atoms with Gasteiger partial charge < -0.3 is 4.74 Å². The molecule has 0 aliphatic carbocycles. The van der Waals surface area contributed by atoms with Gasteiger partial charge in [-0.05, 0) is 37.5 Å². The first-order chi connectivity index (χ1) is 7.56. The number of hydrogen-bond acceptors (Lipinski definition) is 2. The summed E-state index contributed by atoms with van der Waals surface area (Å²) in [7, 11) is 0. The number of aryl methyl sites for hydroxylation is 1. The van der Waals surface area contributed by atoms with Gasteiger partial charge in [0.25, 0.3) is 0 Å². The van der Waals surface area contributed by atoms with Crippen molar-refractivity contribution in [2.75, 3.05) is 6.61 Å². The molecule has 1 unspecified atom stereocenters. The Balaban J connectivity index is 2.92. The molecule has 0 saturated carbocycles. The molecule has 0 spiro atoms. The lowest BCUT2D eigenvalue weighted by Gasteiger charge is -2.15. The molecule has 0 bridgehead atoms. The van der Waals surface area contributed by atoms with E-state index in [1.54, 1.807) is 19.1 Å². The number of ether oxygens (including phenoxy) is 1. The maximum atomic E-state index is 13.4. The Labute approximate surface area is 95.4 Å². The molecule has 1 aromatic rings. The van der Waals surface area contributed by atoms with Crippen LogP contribution < -0.4 is 0 Å². The van der Waals surface area contributed by atoms with E-state index in [2.05, 4.69) is 0 Å². The van der Waals surface area contributed by atoms with Crippen molar-refractivity contribution in [3.63, 3.8) is 0 Å². The molecule has 1 aromatic carbocycles. The van der Waals surface area contributed by atoms with Crippen LogP contribution in [-0.2, 0) is 9.53 Å². The van der Waals surface area contributed by atoms with E-state index in [0.29, 0.717) is 17.7 Å². The first-order valence-electron chi connectivity index (χ1n) is 5.44. The molecule has 1 atom stereocenters. The highest BCUT2D eigenvalue weighted by atomic mass is 19.1. The molecule has 0 aliphatic rings. The predicted octanol–water partition coefficient (Wildman–Crippen LogP) is 3.19. The number of carbonyl (C=O) groups excluding carboxylic acids is 1. The minimum Gasteiger partial charge on any atom is -0.366 e. The Morgan fingerprint density at radius 2 is 2.19 bits per heavy atom. The fourth-order valence-electron chi connectivity index (χ4n) is 1.46. The molecule has 16 heavy (non-hydrogen) atoms. The maximum Gasteiger partial charge on any atom is 0.163 e. The first kappa shape index (κ1) is 12.8. The van der Waals surface area contributed by atoms with E-state index in [4.69, 9.17) is 4.74 Å². The van der Waals surface area contributed by atoms with Crippen molar-refractivity contribution >= 4 is 5.78 Å². The average Bonchev–Trinajstić information content (AvgIpc) is 2.23. The molecule has 0 N–H and O–H groups in total. The molecule has 0 heterocycles. The molecule has 0 fully saturated rings. The molecule has 0 saturated heterocycles. The highest BCUT2D eigenvalue weighted by Gasteiger charge is 2.17. The third kappa shape index (κ3) is 3.14. The molecule has 88 valence electrons. The monoisotopic (exact) mass is 224 g/mol. The lowest BCUT2D eigenvalue weighted by Crippen LogP contribution is -2.14. The molecule has 0 aromatic heterocycles. The molecule has 1 rings (SSSR count). The zero-order chi connectivity index (χ0) is 12.1. The summed E-state index contributed by atoms with van der Waals surface area (Å²) in [4.78, 5) is 11.4. The minimum atomic E-state index is -0.643. The number of halogens is 1. The third-order valence-electron chi connectivity index (χ3n) is 2.36. The largest absolute Gasteiger partial charge is 0.366 e. The minimum absolute atomic E-state index is 0.100. The summed E-state index contributed by atoms with van der Waals surface area (Å²) in [5.74, 6) is -0.402. The van der Waals surface area contributed by atoms with Crippen molar-refractivity contribution in [2.45, 2.75) is 33.3 Å². The van der Waals surface area contributed by atoms with Gasteiger partial charge in [-0.2, -0.15) is 0 Å². The van der Waals surface area contributed by atoms with E-state index >= 15 is 0 Å². The summed E-state index contributed by atoms with van der Waals surface area (Å²) in [5, 5.41) is 0. The van der Waals surface area contributed by atoms with E-state index in [-0.39, 0.29) is 11.6 Å². The van der Waals surface area contributed by atoms with Gasteiger partial charge in [-0.15, -0.1) is 0 Å². The molecule has 0 aliphatic heterocycles. The van der Waals surface area contributed by atoms with Crippen molar-refractivity contribution in [3.8, 4) is 0 Å². The summed E-state index contributed by atoms with van der Waals surface area (Å²) >= 11 is 0. The Bertz CT molecular complexity index is 374. The second kappa shape index (κ2) is 5.75. The number of Topliss-reactive ketones (excluding diaryl/α,β-unsaturated/α-hetero) is 1. The van der Waals surface area contributed by atoms with Gasteiger partial charge in [-0.3, -0.25) is 4.79 Å². The normalized spacial score (nSPS) is 12.5. The Hall–Kier alpha value is -1.22. The van der Waals surface area contributed by atoms with Crippen molar-refractivity contribution in [3.05, 3.63) is 35.1 Å². The topological polar surface area (TPSA) is 26.3 Å². The fourth-order valence-corrected chi connectivity index (χ4v) is 1.46. The number of benzene rings is 1. The smallest absolute Gasteiger partial charge is 0.163 e. The SMILES string of the molecule is CCCOC(C(C)=O)c1ccc(C)c(F)c1. The van der Waals surface area contributed by atoms with E-state index in [1.807, 2.05) is 6.92 Å². The van der Waals surface area contributed by atoms with Gasteiger partial charge in [0.1, 0.15) is 11.9 Å². The number of ketones is 1. The third-order valence-corrected chi connectivity index (χ3v) is 2.36. The van der Waals surface area contributed by atoms with Gasteiger partial charge in [-0.1, -0.05) is 19.1 Å². The van der Waals surface area contributed by atoms with Crippen LogP contribution in [0.2, 0.25) is 0 Å². The summed E-state index contributed by atoms with van der Waals surface area (Å²) in [6, 6.07) is 4.77. The molecular formula is C13H17FO2. The second-order valence-corrected chi connectivity index (χ2v) is 3.87. The molecule has 2 nitrogen and oxygen atoms in total. The van der Waals surface area contributed by atoms with Crippen molar-refractivity contribution in [1.82, 2.24) is 0 Å². The predicted molar refractivity (Wildman–Crippen MR) is 60.8 cm³/mol. The van der Waals surface area contributed by atoms with Crippen molar-refractivity contribution < 1.29 is 13.9 Å². The van der Waals surface area contributed by atoms with Gasteiger partial charge in [0.15, 0.2) is 5.78 Å². The summed E-state index contributed by atoms with van der Waals surface area (Å²) < 4.78 is 18.8. The summed E-state index contributed by atoms with van der Waals surface area (Å²) in [5.41, 5.74) is 1.16. The van der Waals surface area contributed by atoms with Gasteiger partial charge in [-0.25, -0.2) is 4.39 Å². The fraction of sp³-hybridized carbons (Fsp3) is 0.462. The molecular weight excluding hydrogens is 207 g/mol. The van der Waals surface area contributed by atoms with Crippen LogP contribution in [0.15, 0.2) is 18.2 Å². The number of rotatable bonds is 5. The first-order valence-corrected chi connectivity index (χ1v) is 5.44. The Kier molecular flexibility index (Phi) is 4.62. The van der Waals surface area contributed by atoms with E-state index in [9.17, 15) is 9.18 Å². The standard InChI is InChI=1S/C13H17FO2/c1-4-7-16-13(10(3)15)11-6-5-9(2)12(14)8-11/h5-6,8,13H,4,7H2,1-3H3. The molecule has 0 amide bonds. The van der Waals surface area contributed by atoms with Crippen LogP contribution in [0.4, 0.5) is 4.39 Å². The van der Waals surface area contributed by atoms with Crippen LogP contribution in [0.1, 0.15) is 37.5 Å². The van der Waals surface area contributed by atoms with Crippen molar-refractivity contribution in [1.29, 1.82) is 0 Å². The zero-order valence-electron chi connectivity index (χ0n) is 9.92. The van der Waals surface area contributed by atoms with Crippen LogP contribution in [0.25, 0.3) is 0 Å². The number of hydrogen-bond donors (Lipinski definition) is 0. The van der Waals surface area contributed by atoms with Gasteiger partial charge >= 0.3 is 0 Å². The Morgan fingerprint density at radius 3 is 2.69 bits per heavy atom. The maximum absolute atomic E-state index is 13.4. The average molecular weight is 224 g/mol. The molecule has 0 radical (unpaired) electrons. The van der Waals surface area contributed by atoms with Gasteiger partial charge in [0.2, 0.25) is 0 Å². The van der Waals surface area contributed by atoms with Gasteiger partial charge in [0.05, 0.1) is 0 Å². The quantitative estimate of drug-likeness (QED) is 0.767. The van der Waals surface area contributed by atoms with Crippen LogP contribution in [0.5, 0.6) is 0 Å². The highest BCUT2D eigenvalue weighted by molar-refractivity contribution is 5.81. The van der Waals surface area contributed by atoms with E-state index in [1.165, 1.54) is 13.0 Å². The lowest BCUT2D eigenvalue weighted by atomic mass is 10.0. The van der Waals surface area contributed by atoms with Crippen LogP contribution in [-0.4, -0.2) is 12.4 Å². The van der Waals surface area contributed by atoms with Crippen LogP contribution >= 0.6 is 0 Å². The zero-order valence-corrected chi connectivity index (χ0v) is 9.92. The number of carbonyl (C=O) groups is 1. The summed E-state index contributed by atoms with van der Waals surface area (Å²) in [6.07, 6.45) is 0.188. The van der Waals surface area contributed by atoms with Crippen molar-refractivity contribution in [2.24, 2.45) is 0 Å². The van der Waals surface area contributed by atoms with Gasteiger partial charge in [0, 0.05) is 6.61 Å².